The van der Waals surface area contributed by atoms with Gasteiger partial charge in [-0.05, 0) is 20.3 Å². The molecule has 0 bridgehead atoms. The van der Waals surface area contributed by atoms with Gasteiger partial charge in [0.2, 0.25) is 0 Å². The summed E-state index contributed by atoms with van der Waals surface area (Å²) >= 11 is 0. The molecule has 1 nitrogen and oxygen atoms in total. The Kier molecular flexibility index (Phi) is 5.08. The van der Waals surface area contributed by atoms with Crippen LogP contribution in [-0.2, 0) is 4.74 Å². The Morgan fingerprint density at radius 3 is 2.38 bits per heavy atom. The quantitative estimate of drug-likeness (QED) is 0.547. The lowest BCUT2D eigenvalue weighted by Gasteiger charge is -2.08. The summed E-state index contributed by atoms with van der Waals surface area (Å²) in [5, 5.41) is 0. The molecule has 0 fully saturated rings. The van der Waals surface area contributed by atoms with E-state index in [0.717, 1.165) is 6.61 Å². The van der Waals surface area contributed by atoms with Gasteiger partial charge in [0.1, 0.15) is 0 Å². The van der Waals surface area contributed by atoms with Gasteiger partial charge in [0.15, 0.2) is 0 Å². The normalized spacial score (nSPS) is 13.9. The highest BCUT2D eigenvalue weighted by atomic mass is 16.5. The molecule has 0 saturated heterocycles. The van der Waals surface area contributed by atoms with Gasteiger partial charge in [-0.2, -0.15) is 0 Å². The molecule has 1 unspecified atom stereocenters. The van der Waals surface area contributed by atoms with Crippen molar-refractivity contribution in [3.05, 3.63) is 0 Å². The van der Waals surface area contributed by atoms with E-state index in [0.29, 0.717) is 6.10 Å². The summed E-state index contributed by atoms with van der Waals surface area (Å²) in [5.41, 5.74) is 0. The molecule has 0 aromatic rings. The monoisotopic (exact) mass is 116 g/mol. The predicted molar refractivity (Wildman–Crippen MR) is 36.0 cm³/mol. The Morgan fingerprint density at radius 1 is 1.38 bits per heavy atom. The molecule has 0 aromatic carbocycles. The van der Waals surface area contributed by atoms with Crippen LogP contribution in [0.3, 0.4) is 0 Å². The summed E-state index contributed by atoms with van der Waals surface area (Å²) in [6.07, 6.45) is 2.87. The van der Waals surface area contributed by atoms with Crippen molar-refractivity contribution in [2.75, 3.05) is 6.61 Å². The molecule has 0 radical (unpaired) electrons. The van der Waals surface area contributed by atoms with Crippen molar-refractivity contribution < 1.29 is 4.74 Å². The second-order valence-electron chi connectivity index (χ2n) is 2.05. The fraction of sp³-hybridized carbons (Fsp3) is 1.00. The number of rotatable bonds is 4. The lowest BCUT2D eigenvalue weighted by molar-refractivity contribution is 0.0699. The van der Waals surface area contributed by atoms with Crippen LogP contribution in [0.15, 0.2) is 0 Å². The first-order chi connectivity index (χ1) is 3.81. The molecule has 0 aliphatic rings. The zero-order valence-electron chi connectivity index (χ0n) is 6.11. The lowest BCUT2D eigenvalue weighted by Crippen LogP contribution is -2.06. The van der Waals surface area contributed by atoms with E-state index in [1.165, 1.54) is 12.8 Å². The molecule has 0 aliphatic carbocycles. The van der Waals surface area contributed by atoms with E-state index in [2.05, 4.69) is 13.8 Å². The van der Waals surface area contributed by atoms with E-state index < -0.39 is 0 Å². The molecule has 0 amide bonds. The smallest absolute Gasteiger partial charge is 0.0546 e. The number of hydrogen-bond acceptors (Lipinski definition) is 1. The molecule has 8 heavy (non-hydrogen) atoms. The molecule has 0 aromatic heterocycles. The van der Waals surface area contributed by atoms with Gasteiger partial charge >= 0.3 is 0 Å². The Morgan fingerprint density at radius 2 is 2.00 bits per heavy atom. The molecule has 0 heterocycles. The highest BCUT2D eigenvalue weighted by Gasteiger charge is 1.95. The first kappa shape index (κ1) is 7.96. The maximum Gasteiger partial charge on any atom is 0.0546 e. The third-order valence-electron chi connectivity index (χ3n) is 1.15. The minimum Gasteiger partial charge on any atom is -0.379 e. The molecule has 1 heteroatoms. The molecule has 0 N–H and O–H groups in total. The molecule has 0 aliphatic heterocycles. The van der Waals surface area contributed by atoms with Gasteiger partial charge in [-0.3, -0.25) is 0 Å². The maximum atomic E-state index is 5.28. The fourth-order valence-electron chi connectivity index (χ4n) is 0.774. The largest absolute Gasteiger partial charge is 0.379 e. The summed E-state index contributed by atoms with van der Waals surface area (Å²) in [7, 11) is 0. The SMILES string of the molecule is CCCC(C)OCC. The molecule has 0 spiro atoms. The Labute approximate surface area is 52.0 Å². The third kappa shape index (κ3) is 4.13. The molecule has 0 rings (SSSR count). The minimum atomic E-state index is 0.463. The minimum absolute atomic E-state index is 0.463. The summed E-state index contributed by atoms with van der Waals surface area (Å²) in [4.78, 5) is 0. The van der Waals surface area contributed by atoms with Gasteiger partial charge in [-0.25, -0.2) is 0 Å². The molecular formula is C7H16O. The van der Waals surface area contributed by atoms with Crippen LogP contribution >= 0.6 is 0 Å². The lowest BCUT2D eigenvalue weighted by atomic mass is 10.2. The van der Waals surface area contributed by atoms with Crippen LogP contribution in [0.5, 0.6) is 0 Å². The van der Waals surface area contributed by atoms with Crippen LogP contribution < -0.4 is 0 Å². The second kappa shape index (κ2) is 5.10. The average molecular weight is 116 g/mol. The van der Waals surface area contributed by atoms with Crippen molar-refractivity contribution in [3.63, 3.8) is 0 Å². The standard InChI is InChI=1S/C7H16O/c1-4-6-7(3)8-5-2/h7H,4-6H2,1-3H3. The van der Waals surface area contributed by atoms with Gasteiger partial charge in [0.05, 0.1) is 6.10 Å². The third-order valence-corrected chi connectivity index (χ3v) is 1.15. The van der Waals surface area contributed by atoms with E-state index in [-0.39, 0.29) is 0 Å². The summed E-state index contributed by atoms with van der Waals surface area (Å²) in [6, 6.07) is 0. The van der Waals surface area contributed by atoms with Crippen LogP contribution in [-0.4, -0.2) is 12.7 Å². The summed E-state index contributed by atoms with van der Waals surface area (Å²) in [6.45, 7) is 7.18. The van der Waals surface area contributed by atoms with Crippen LogP contribution in [0.4, 0.5) is 0 Å². The molecule has 0 saturated carbocycles. The number of ether oxygens (including phenoxy) is 1. The second-order valence-corrected chi connectivity index (χ2v) is 2.05. The fourth-order valence-corrected chi connectivity index (χ4v) is 0.774. The molecular weight excluding hydrogens is 100 g/mol. The van der Waals surface area contributed by atoms with E-state index >= 15 is 0 Å². The van der Waals surface area contributed by atoms with E-state index in [4.69, 9.17) is 4.74 Å². The van der Waals surface area contributed by atoms with E-state index in [1.54, 1.807) is 0 Å². The topological polar surface area (TPSA) is 9.23 Å². The first-order valence-electron chi connectivity index (χ1n) is 3.42. The van der Waals surface area contributed by atoms with Crippen molar-refractivity contribution >= 4 is 0 Å². The Bertz CT molecular complexity index is 37.7. The van der Waals surface area contributed by atoms with Gasteiger partial charge in [0, 0.05) is 6.61 Å². The Balaban J connectivity index is 2.92. The predicted octanol–water partition coefficient (Wildman–Crippen LogP) is 2.21. The van der Waals surface area contributed by atoms with Crippen LogP contribution in [0.25, 0.3) is 0 Å². The van der Waals surface area contributed by atoms with E-state index in [9.17, 15) is 0 Å². The highest BCUT2D eigenvalue weighted by Crippen LogP contribution is 1.98. The summed E-state index contributed by atoms with van der Waals surface area (Å²) in [5.74, 6) is 0. The first-order valence-corrected chi connectivity index (χ1v) is 3.42. The number of hydrogen-bond donors (Lipinski definition) is 0. The van der Waals surface area contributed by atoms with Crippen molar-refractivity contribution in [1.82, 2.24) is 0 Å². The summed E-state index contributed by atoms with van der Waals surface area (Å²) < 4.78 is 5.28. The van der Waals surface area contributed by atoms with Gasteiger partial charge in [-0.1, -0.05) is 13.3 Å². The zero-order chi connectivity index (χ0) is 6.41. The van der Waals surface area contributed by atoms with Gasteiger partial charge in [0.25, 0.3) is 0 Å². The zero-order valence-corrected chi connectivity index (χ0v) is 6.11. The van der Waals surface area contributed by atoms with Crippen LogP contribution in [0.2, 0.25) is 0 Å². The van der Waals surface area contributed by atoms with Crippen molar-refractivity contribution in [2.45, 2.75) is 39.7 Å². The maximum absolute atomic E-state index is 5.28. The van der Waals surface area contributed by atoms with Crippen LogP contribution in [0.1, 0.15) is 33.6 Å². The van der Waals surface area contributed by atoms with Crippen molar-refractivity contribution in [3.8, 4) is 0 Å². The van der Waals surface area contributed by atoms with Crippen molar-refractivity contribution in [2.24, 2.45) is 0 Å². The highest BCUT2D eigenvalue weighted by molar-refractivity contribution is 4.45. The van der Waals surface area contributed by atoms with Gasteiger partial charge < -0.3 is 4.74 Å². The van der Waals surface area contributed by atoms with Crippen molar-refractivity contribution in [1.29, 1.82) is 0 Å². The van der Waals surface area contributed by atoms with Gasteiger partial charge in [-0.15, -0.1) is 0 Å². The Hall–Kier alpha value is -0.0400. The molecule has 50 valence electrons. The van der Waals surface area contributed by atoms with Crippen LogP contribution in [0, 0.1) is 0 Å². The van der Waals surface area contributed by atoms with E-state index in [1.807, 2.05) is 6.92 Å². The molecule has 1 atom stereocenters. The average Bonchev–Trinajstić information content (AvgIpc) is 1.68.